The Labute approximate surface area is 198 Å². The molecule has 4 rings (SSSR count). The van der Waals surface area contributed by atoms with Crippen molar-refractivity contribution in [1.29, 1.82) is 0 Å². The van der Waals surface area contributed by atoms with Gasteiger partial charge in [-0.3, -0.25) is 9.36 Å². The van der Waals surface area contributed by atoms with Crippen molar-refractivity contribution >= 4 is 23.4 Å². The SMILES string of the molecule is Cc1ccc(OCc2nnc(SCC(=O)Nc3cc(C)cc(C)c3)n2-c2ccccc2)cc1. The number of aryl methyl sites for hydroxylation is 3. The van der Waals surface area contributed by atoms with Gasteiger partial charge in [0.25, 0.3) is 0 Å². The molecule has 4 aromatic rings. The minimum Gasteiger partial charge on any atom is -0.486 e. The van der Waals surface area contributed by atoms with Gasteiger partial charge in [0.15, 0.2) is 11.0 Å². The predicted octanol–water partition coefficient (Wildman–Crippen LogP) is 5.50. The summed E-state index contributed by atoms with van der Waals surface area (Å²) in [5.74, 6) is 1.56. The first kappa shape index (κ1) is 22.6. The maximum absolute atomic E-state index is 12.6. The third-order valence-electron chi connectivity index (χ3n) is 4.94. The number of carbonyl (C=O) groups excluding carboxylic acids is 1. The maximum atomic E-state index is 12.6. The third-order valence-corrected chi connectivity index (χ3v) is 5.87. The number of para-hydroxylation sites is 1. The molecule has 0 unspecified atom stereocenters. The molecular weight excluding hydrogens is 432 g/mol. The molecule has 0 atom stereocenters. The van der Waals surface area contributed by atoms with Crippen molar-refractivity contribution < 1.29 is 9.53 Å². The van der Waals surface area contributed by atoms with E-state index in [4.69, 9.17) is 4.74 Å². The molecule has 0 aliphatic carbocycles. The Kier molecular flexibility index (Phi) is 7.10. The Morgan fingerprint density at radius 2 is 1.61 bits per heavy atom. The molecular formula is C26H26N4O2S. The number of thioether (sulfide) groups is 1. The van der Waals surface area contributed by atoms with Crippen LogP contribution >= 0.6 is 11.8 Å². The third kappa shape index (κ3) is 6.02. The number of amides is 1. The first-order valence-electron chi connectivity index (χ1n) is 10.7. The Balaban J connectivity index is 1.49. The van der Waals surface area contributed by atoms with Crippen LogP contribution in [0.1, 0.15) is 22.5 Å². The van der Waals surface area contributed by atoms with Crippen molar-refractivity contribution in [3.63, 3.8) is 0 Å². The monoisotopic (exact) mass is 458 g/mol. The quantitative estimate of drug-likeness (QED) is 0.353. The van der Waals surface area contributed by atoms with Gasteiger partial charge in [0.2, 0.25) is 5.91 Å². The molecule has 168 valence electrons. The van der Waals surface area contributed by atoms with Gasteiger partial charge in [0.05, 0.1) is 5.75 Å². The molecule has 1 N–H and O–H groups in total. The van der Waals surface area contributed by atoms with Crippen molar-refractivity contribution in [1.82, 2.24) is 14.8 Å². The van der Waals surface area contributed by atoms with Crippen LogP contribution < -0.4 is 10.1 Å². The fourth-order valence-electron chi connectivity index (χ4n) is 3.48. The van der Waals surface area contributed by atoms with Crippen LogP contribution in [-0.4, -0.2) is 26.4 Å². The van der Waals surface area contributed by atoms with Gasteiger partial charge >= 0.3 is 0 Å². The van der Waals surface area contributed by atoms with Crippen LogP contribution in [-0.2, 0) is 11.4 Å². The number of rotatable bonds is 8. The van der Waals surface area contributed by atoms with Gasteiger partial charge < -0.3 is 10.1 Å². The van der Waals surface area contributed by atoms with Crippen LogP contribution in [0.3, 0.4) is 0 Å². The average Bonchev–Trinajstić information content (AvgIpc) is 3.20. The van der Waals surface area contributed by atoms with E-state index in [2.05, 4.69) is 21.6 Å². The second kappa shape index (κ2) is 10.4. The van der Waals surface area contributed by atoms with Gasteiger partial charge in [-0.2, -0.15) is 0 Å². The summed E-state index contributed by atoms with van der Waals surface area (Å²) in [4.78, 5) is 12.6. The van der Waals surface area contributed by atoms with E-state index in [-0.39, 0.29) is 18.3 Å². The lowest BCUT2D eigenvalue weighted by molar-refractivity contribution is -0.113. The molecule has 0 radical (unpaired) electrons. The minimum atomic E-state index is -0.0925. The van der Waals surface area contributed by atoms with Crippen molar-refractivity contribution in [2.45, 2.75) is 32.5 Å². The molecule has 7 heteroatoms. The zero-order chi connectivity index (χ0) is 23.2. The number of nitrogens with one attached hydrogen (secondary N) is 1. The molecule has 33 heavy (non-hydrogen) atoms. The molecule has 1 aromatic heterocycles. The van der Waals surface area contributed by atoms with Gasteiger partial charge in [-0.1, -0.05) is 53.7 Å². The Morgan fingerprint density at radius 3 is 2.30 bits per heavy atom. The lowest BCUT2D eigenvalue weighted by Crippen LogP contribution is -2.15. The van der Waals surface area contributed by atoms with E-state index in [0.717, 1.165) is 28.3 Å². The molecule has 0 saturated carbocycles. The van der Waals surface area contributed by atoms with Gasteiger partial charge in [0, 0.05) is 11.4 Å². The van der Waals surface area contributed by atoms with E-state index in [1.165, 1.54) is 17.3 Å². The van der Waals surface area contributed by atoms with Gasteiger partial charge in [0.1, 0.15) is 12.4 Å². The molecule has 0 aliphatic rings. The van der Waals surface area contributed by atoms with E-state index >= 15 is 0 Å². The fourth-order valence-corrected chi connectivity index (χ4v) is 4.25. The first-order chi connectivity index (χ1) is 16.0. The summed E-state index contributed by atoms with van der Waals surface area (Å²) >= 11 is 1.34. The number of aromatic nitrogens is 3. The van der Waals surface area contributed by atoms with Gasteiger partial charge in [-0.25, -0.2) is 0 Å². The largest absolute Gasteiger partial charge is 0.486 e. The molecule has 6 nitrogen and oxygen atoms in total. The standard InChI is InChI=1S/C26H26N4O2S/c1-18-9-11-23(12-10-18)32-16-24-28-29-26(30(24)22-7-5-4-6-8-22)33-17-25(31)27-21-14-19(2)13-20(3)15-21/h4-15H,16-17H2,1-3H3,(H,27,31). The molecule has 0 bridgehead atoms. The highest BCUT2D eigenvalue weighted by Gasteiger charge is 2.16. The smallest absolute Gasteiger partial charge is 0.234 e. The van der Waals surface area contributed by atoms with Crippen LogP contribution in [0.5, 0.6) is 5.75 Å². The highest BCUT2D eigenvalue weighted by atomic mass is 32.2. The molecule has 0 spiro atoms. The summed E-state index contributed by atoms with van der Waals surface area (Å²) in [6.07, 6.45) is 0. The molecule has 0 saturated heterocycles. The molecule has 1 heterocycles. The van der Waals surface area contributed by atoms with Crippen molar-refractivity contribution in [2.24, 2.45) is 0 Å². The Hall–Kier alpha value is -3.58. The van der Waals surface area contributed by atoms with Crippen LogP contribution in [0.2, 0.25) is 0 Å². The fraction of sp³-hybridized carbons (Fsp3) is 0.192. The molecule has 3 aromatic carbocycles. The van der Waals surface area contributed by atoms with Gasteiger partial charge in [-0.15, -0.1) is 10.2 Å². The Morgan fingerprint density at radius 1 is 0.909 bits per heavy atom. The number of carbonyl (C=O) groups is 1. The van der Waals surface area contributed by atoms with E-state index in [1.807, 2.05) is 92.1 Å². The maximum Gasteiger partial charge on any atom is 0.234 e. The summed E-state index contributed by atoms with van der Waals surface area (Å²) in [5.41, 5.74) is 5.12. The van der Waals surface area contributed by atoms with Crippen molar-refractivity contribution in [3.05, 3.63) is 95.3 Å². The number of anilines is 1. The van der Waals surface area contributed by atoms with Crippen LogP contribution in [0.25, 0.3) is 5.69 Å². The van der Waals surface area contributed by atoms with Crippen LogP contribution in [0.4, 0.5) is 5.69 Å². The number of hydrogen-bond acceptors (Lipinski definition) is 5. The van der Waals surface area contributed by atoms with Gasteiger partial charge in [-0.05, 0) is 68.3 Å². The lowest BCUT2D eigenvalue weighted by atomic mass is 10.1. The van der Waals surface area contributed by atoms with E-state index in [1.54, 1.807) is 0 Å². The zero-order valence-electron chi connectivity index (χ0n) is 18.9. The zero-order valence-corrected chi connectivity index (χ0v) is 19.7. The number of ether oxygens (including phenoxy) is 1. The Bertz CT molecular complexity index is 1220. The number of hydrogen-bond donors (Lipinski definition) is 1. The molecule has 1 amide bonds. The van der Waals surface area contributed by atoms with Crippen molar-refractivity contribution in [2.75, 3.05) is 11.1 Å². The summed E-state index contributed by atoms with van der Waals surface area (Å²) in [6.45, 7) is 6.33. The highest BCUT2D eigenvalue weighted by Crippen LogP contribution is 2.24. The van der Waals surface area contributed by atoms with E-state index < -0.39 is 0 Å². The first-order valence-corrected chi connectivity index (χ1v) is 11.7. The van der Waals surface area contributed by atoms with Crippen LogP contribution in [0, 0.1) is 20.8 Å². The minimum absolute atomic E-state index is 0.0925. The number of nitrogens with zero attached hydrogens (tertiary/aromatic N) is 3. The average molecular weight is 459 g/mol. The second-order valence-corrected chi connectivity index (χ2v) is 8.83. The molecule has 0 fully saturated rings. The van der Waals surface area contributed by atoms with Crippen LogP contribution in [0.15, 0.2) is 78.0 Å². The van der Waals surface area contributed by atoms with E-state index in [9.17, 15) is 4.79 Å². The normalized spacial score (nSPS) is 10.8. The summed E-state index contributed by atoms with van der Waals surface area (Å²) in [6, 6.07) is 23.7. The second-order valence-electron chi connectivity index (χ2n) is 7.88. The van der Waals surface area contributed by atoms with Crippen molar-refractivity contribution in [3.8, 4) is 11.4 Å². The predicted molar refractivity (Wildman–Crippen MR) is 132 cm³/mol. The van der Waals surface area contributed by atoms with E-state index in [0.29, 0.717) is 11.0 Å². The lowest BCUT2D eigenvalue weighted by Gasteiger charge is -2.11. The topological polar surface area (TPSA) is 69.0 Å². The highest BCUT2D eigenvalue weighted by molar-refractivity contribution is 7.99. The number of benzene rings is 3. The summed E-state index contributed by atoms with van der Waals surface area (Å²) < 4.78 is 7.87. The molecule has 0 aliphatic heterocycles. The summed E-state index contributed by atoms with van der Waals surface area (Å²) in [7, 11) is 0. The summed E-state index contributed by atoms with van der Waals surface area (Å²) in [5, 5.41) is 12.3.